The van der Waals surface area contributed by atoms with Crippen molar-refractivity contribution in [2.75, 3.05) is 13.2 Å². The molecule has 0 unspecified atom stereocenters. The van der Waals surface area contributed by atoms with Crippen molar-refractivity contribution in [3.63, 3.8) is 0 Å². The van der Waals surface area contributed by atoms with Crippen molar-refractivity contribution >= 4 is 5.78 Å². The second kappa shape index (κ2) is 6.00. The van der Waals surface area contributed by atoms with Gasteiger partial charge in [-0.05, 0) is 11.8 Å². The van der Waals surface area contributed by atoms with Gasteiger partial charge < -0.3 is 4.74 Å². The smallest absolute Gasteiger partial charge is 0.158 e. The van der Waals surface area contributed by atoms with Crippen molar-refractivity contribution in [1.82, 2.24) is 0 Å². The molecular formula is C14H22O2. The lowest BCUT2D eigenvalue weighted by atomic mass is 9.90. The Bertz CT molecular complexity index is 270. The monoisotopic (exact) mass is 222 g/mol. The zero-order valence-corrected chi connectivity index (χ0v) is 10.5. The van der Waals surface area contributed by atoms with Gasteiger partial charge in [0.25, 0.3) is 0 Å². The predicted octanol–water partition coefficient (Wildman–Crippen LogP) is 3.14. The Morgan fingerprint density at radius 1 is 1.31 bits per heavy atom. The largest absolute Gasteiger partial charge is 0.373 e. The van der Waals surface area contributed by atoms with Crippen LogP contribution in [0.2, 0.25) is 0 Å². The van der Waals surface area contributed by atoms with Crippen molar-refractivity contribution in [1.29, 1.82) is 0 Å². The number of Topliss-reactive ketones (excluding diaryl/α,β-unsaturated/α-hetero) is 1. The van der Waals surface area contributed by atoms with Gasteiger partial charge in [0.05, 0.1) is 6.61 Å². The summed E-state index contributed by atoms with van der Waals surface area (Å²) in [5, 5.41) is 0. The van der Waals surface area contributed by atoms with Crippen molar-refractivity contribution in [2.24, 2.45) is 11.3 Å². The molecule has 0 bridgehead atoms. The molecule has 0 aromatic rings. The third-order valence-electron chi connectivity index (χ3n) is 2.34. The molecule has 0 saturated heterocycles. The van der Waals surface area contributed by atoms with Crippen molar-refractivity contribution in [3.8, 4) is 0 Å². The van der Waals surface area contributed by atoms with Crippen molar-refractivity contribution < 1.29 is 9.53 Å². The quantitative estimate of drug-likeness (QED) is 0.668. The summed E-state index contributed by atoms with van der Waals surface area (Å²) in [4.78, 5) is 11.5. The maximum atomic E-state index is 11.5. The van der Waals surface area contributed by atoms with E-state index in [0.717, 1.165) is 6.42 Å². The van der Waals surface area contributed by atoms with Crippen LogP contribution in [0, 0.1) is 11.3 Å². The second-order valence-corrected chi connectivity index (χ2v) is 5.55. The number of carbonyl (C=O) groups excluding carboxylic acids is 1. The first kappa shape index (κ1) is 13.2. The topological polar surface area (TPSA) is 26.3 Å². The fraction of sp³-hybridized carbons (Fsp3) is 0.643. The molecule has 2 nitrogen and oxygen atoms in total. The fourth-order valence-corrected chi connectivity index (χ4v) is 1.71. The summed E-state index contributed by atoms with van der Waals surface area (Å²) in [6, 6.07) is 0. The molecule has 0 aromatic heterocycles. The van der Waals surface area contributed by atoms with Crippen LogP contribution in [0.4, 0.5) is 0 Å². The highest BCUT2D eigenvalue weighted by atomic mass is 16.5. The third-order valence-corrected chi connectivity index (χ3v) is 2.34. The maximum absolute atomic E-state index is 11.5. The van der Waals surface area contributed by atoms with E-state index in [4.69, 9.17) is 4.74 Å². The number of hydrogen-bond donors (Lipinski definition) is 0. The lowest BCUT2D eigenvalue weighted by molar-refractivity contribution is -0.125. The standard InChI is InChI=1S/C14H22O2/c1-14(2,3)9-13(15)11-16-10-12-7-5-4-6-8-12/h5-8,12H,4,9-11H2,1-3H3. The Morgan fingerprint density at radius 2 is 1.94 bits per heavy atom. The van der Waals surface area contributed by atoms with Crippen LogP contribution in [0.15, 0.2) is 24.3 Å². The van der Waals surface area contributed by atoms with Crippen molar-refractivity contribution in [2.45, 2.75) is 33.6 Å². The first-order valence-electron chi connectivity index (χ1n) is 5.90. The third kappa shape index (κ3) is 5.86. The molecular weight excluding hydrogens is 200 g/mol. The average Bonchev–Trinajstić information content (AvgIpc) is 2.16. The van der Waals surface area contributed by atoms with Gasteiger partial charge in [0.1, 0.15) is 6.61 Å². The molecule has 0 heterocycles. The molecule has 0 radical (unpaired) electrons. The summed E-state index contributed by atoms with van der Waals surface area (Å²) >= 11 is 0. The molecule has 1 aliphatic rings. The van der Waals surface area contributed by atoms with E-state index >= 15 is 0 Å². The number of ketones is 1. The minimum Gasteiger partial charge on any atom is -0.373 e. The summed E-state index contributed by atoms with van der Waals surface area (Å²) < 4.78 is 5.43. The van der Waals surface area contributed by atoms with Crippen LogP contribution in [0.25, 0.3) is 0 Å². The molecule has 2 heteroatoms. The van der Waals surface area contributed by atoms with E-state index in [1.54, 1.807) is 0 Å². The molecule has 0 atom stereocenters. The summed E-state index contributed by atoms with van der Waals surface area (Å²) in [7, 11) is 0. The zero-order chi connectivity index (χ0) is 12.0. The fourth-order valence-electron chi connectivity index (χ4n) is 1.71. The van der Waals surface area contributed by atoms with E-state index in [9.17, 15) is 4.79 Å². The molecule has 1 rings (SSSR count). The lowest BCUT2D eigenvalue weighted by Crippen LogP contribution is -2.19. The van der Waals surface area contributed by atoms with Gasteiger partial charge in [0, 0.05) is 12.3 Å². The Labute approximate surface area is 98.4 Å². The number of carbonyl (C=O) groups is 1. The molecule has 0 fully saturated rings. The highest BCUT2D eigenvalue weighted by Crippen LogP contribution is 2.18. The lowest BCUT2D eigenvalue weighted by Gasteiger charge is -2.17. The average molecular weight is 222 g/mol. The minimum absolute atomic E-state index is 0.0606. The van der Waals surface area contributed by atoms with E-state index in [1.807, 2.05) is 0 Å². The van der Waals surface area contributed by atoms with Crippen LogP contribution in [0.5, 0.6) is 0 Å². The Hall–Kier alpha value is -0.890. The summed E-state index contributed by atoms with van der Waals surface area (Å²) in [6.45, 7) is 7.06. The molecule has 0 aliphatic heterocycles. The molecule has 90 valence electrons. The summed E-state index contributed by atoms with van der Waals surface area (Å²) in [5.74, 6) is 0.535. The number of allylic oxidation sites excluding steroid dienone is 2. The highest BCUT2D eigenvalue weighted by Gasteiger charge is 2.16. The highest BCUT2D eigenvalue weighted by molar-refractivity contribution is 5.80. The van der Waals surface area contributed by atoms with Crippen LogP contribution in [0.1, 0.15) is 33.6 Å². The SMILES string of the molecule is CC(C)(C)CC(=O)COCC1C=CCC=C1. The van der Waals surface area contributed by atoms with Gasteiger partial charge >= 0.3 is 0 Å². The predicted molar refractivity (Wildman–Crippen MR) is 66.3 cm³/mol. The molecule has 16 heavy (non-hydrogen) atoms. The van der Waals surface area contributed by atoms with Crippen LogP contribution in [0.3, 0.4) is 0 Å². The van der Waals surface area contributed by atoms with E-state index in [-0.39, 0.29) is 17.8 Å². The normalized spacial score (nSPS) is 16.7. The molecule has 0 aromatic carbocycles. The first-order valence-corrected chi connectivity index (χ1v) is 5.90. The van der Waals surface area contributed by atoms with Crippen LogP contribution >= 0.6 is 0 Å². The second-order valence-electron chi connectivity index (χ2n) is 5.55. The first-order chi connectivity index (χ1) is 7.47. The van der Waals surface area contributed by atoms with Gasteiger partial charge in [-0.15, -0.1) is 0 Å². The van der Waals surface area contributed by atoms with Gasteiger partial charge in [-0.3, -0.25) is 4.79 Å². The van der Waals surface area contributed by atoms with Gasteiger partial charge in [0.2, 0.25) is 0 Å². The summed E-state index contributed by atoms with van der Waals surface area (Å²) in [6.07, 6.45) is 10.1. The van der Waals surface area contributed by atoms with E-state index in [2.05, 4.69) is 45.1 Å². The van der Waals surface area contributed by atoms with Gasteiger partial charge in [0.15, 0.2) is 5.78 Å². The van der Waals surface area contributed by atoms with Crippen LogP contribution in [-0.2, 0) is 9.53 Å². The van der Waals surface area contributed by atoms with Gasteiger partial charge in [-0.1, -0.05) is 45.1 Å². The van der Waals surface area contributed by atoms with Crippen LogP contribution in [-0.4, -0.2) is 19.0 Å². The molecule has 1 aliphatic carbocycles. The Balaban J connectivity index is 2.15. The van der Waals surface area contributed by atoms with E-state index in [0.29, 0.717) is 18.9 Å². The number of ether oxygens (including phenoxy) is 1. The minimum atomic E-state index is 0.0606. The number of rotatable bonds is 5. The molecule has 0 saturated carbocycles. The maximum Gasteiger partial charge on any atom is 0.158 e. The van der Waals surface area contributed by atoms with E-state index in [1.165, 1.54) is 0 Å². The molecule has 0 N–H and O–H groups in total. The molecule has 0 spiro atoms. The van der Waals surface area contributed by atoms with Gasteiger partial charge in [-0.2, -0.15) is 0 Å². The number of hydrogen-bond acceptors (Lipinski definition) is 2. The van der Waals surface area contributed by atoms with Crippen LogP contribution < -0.4 is 0 Å². The Morgan fingerprint density at radius 3 is 2.50 bits per heavy atom. The molecule has 0 amide bonds. The van der Waals surface area contributed by atoms with Gasteiger partial charge in [-0.25, -0.2) is 0 Å². The summed E-state index contributed by atoms with van der Waals surface area (Å²) in [5.41, 5.74) is 0.0606. The zero-order valence-electron chi connectivity index (χ0n) is 10.5. The van der Waals surface area contributed by atoms with Crippen molar-refractivity contribution in [3.05, 3.63) is 24.3 Å². The van der Waals surface area contributed by atoms with E-state index < -0.39 is 0 Å². The Kier molecular flexibility index (Phi) is 4.94.